The maximum atomic E-state index is 10.8. The lowest BCUT2D eigenvalue weighted by Crippen LogP contribution is -2.14. The SMILES string of the molecule is O=S([O-])On1c(-c2ccccc2)nc2ccccc21. The summed E-state index contributed by atoms with van der Waals surface area (Å²) in [5, 5.41) is 0. The molecule has 0 bridgehead atoms. The third kappa shape index (κ3) is 2.23. The number of fused-ring (bicyclic) bond motifs is 1. The Morgan fingerprint density at radius 3 is 2.47 bits per heavy atom. The van der Waals surface area contributed by atoms with Crippen LogP contribution in [0.3, 0.4) is 0 Å². The molecule has 0 saturated carbocycles. The minimum absolute atomic E-state index is 0.450. The Balaban J connectivity index is 2.26. The molecule has 0 spiro atoms. The van der Waals surface area contributed by atoms with Gasteiger partial charge >= 0.3 is 0 Å². The smallest absolute Gasteiger partial charge is 0.178 e. The number of benzene rings is 2. The van der Waals surface area contributed by atoms with Crippen LogP contribution in [0.5, 0.6) is 0 Å². The number of aromatic nitrogens is 2. The molecule has 1 heterocycles. The van der Waals surface area contributed by atoms with Crippen LogP contribution in [-0.4, -0.2) is 18.5 Å². The summed E-state index contributed by atoms with van der Waals surface area (Å²) in [5.74, 6) is 0.450. The minimum Gasteiger partial charge on any atom is -0.738 e. The van der Waals surface area contributed by atoms with Gasteiger partial charge in [-0.2, -0.15) is 0 Å². The summed E-state index contributed by atoms with van der Waals surface area (Å²) >= 11 is -2.66. The number of nitrogens with zero attached hydrogens (tertiary/aromatic N) is 2. The van der Waals surface area contributed by atoms with Crippen LogP contribution in [0.2, 0.25) is 0 Å². The molecule has 6 heteroatoms. The van der Waals surface area contributed by atoms with Gasteiger partial charge < -0.3 is 8.84 Å². The molecule has 96 valence electrons. The van der Waals surface area contributed by atoms with Gasteiger partial charge in [-0.05, 0) is 12.1 Å². The topological polar surface area (TPSA) is 67.2 Å². The summed E-state index contributed by atoms with van der Waals surface area (Å²) in [6, 6.07) is 16.5. The molecule has 3 rings (SSSR count). The lowest BCUT2D eigenvalue weighted by Gasteiger charge is -2.11. The highest BCUT2D eigenvalue weighted by Crippen LogP contribution is 2.23. The predicted molar refractivity (Wildman–Crippen MR) is 70.7 cm³/mol. The molecule has 1 aromatic heterocycles. The van der Waals surface area contributed by atoms with Gasteiger partial charge in [-0.15, -0.1) is 4.73 Å². The van der Waals surface area contributed by atoms with Gasteiger partial charge in [-0.25, -0.2) is 9.19 Å². The maximum Gasteiger partial charge on any atom is 0.178 e. The number of hydrogen-bond donors (Lipinski definition) is 0. The third-order valence-corrected chi connectivity index (χ3v) is 2.96. The first-order chi connectivity index (χ1) is 9.25. The highest BCUT2D eigenvalue weighted by molar-refractivity contribution is 7.74. The fraction of sp³-hybridized carbons (Fsp3) is 0. The second kappa shape index (κ2) is 4.83. The quantitative estimate of drug-likeness (QED) is 0.684. The zero-order valence-electron chi connectivity index (χ0n) is 9.72. The van der Waals surface area contributed by atoms with Crippen molar-refractivity contribution in [2.75, 3.05) is 0 Å². The number of para-hydroxylation sites is 2. The highest BCUT2D eigenvalue weighted by atomic mass is 32.2. The number of rotatable bonds is 3. The van der Waals surface area contributed by atoms with Crippen LogP contribution >= 0.6 is 0 Å². The summed E-state index contributed by atoms with van der Waals surface area (Å²) in [4.78, 5) is 4.40. The normalized spacial score (nSPS) is 12.5. The summed E-state index contributed by atoms with van der Waals surface area (Å²) in [5.41, 5.74) is 2.06. The Bertz CT molecular complexity index is 740. The molecule has 0 aliphatic heterocycles. The van der Waals surface area contributed by atoms with E-state index in [1.165, 1.54) is 4.73 Å². The number of imidazole rings is 1. The van der Waals surface area contributed by atoms with E-state index >= 15 is 0 Å². The summed E-state index contributed by atoms with van der Waals surface area (Å²) < 4.78 is 27.7. The average Bonchev–Trinajstić information content (AvgIpc) is 2.78. The number of hydrogen-bond acceptors (Lipinski definition) is 4. The highest BCUT2D eigenvalue weighted by Gasteiger charge is 2.13. The van der Waals surface area contributed by atoms with Crippen LogP contribution < -0.4 is 4.28 Å². The third-order valence-electron chi connectivity index (χ3n) is 2.69. The Morgan fingerprint density at radius 1 is 1.05 bits per heavy atom. The van der Waals surface area contributed by atoms with Crippen LogP contribution in [-0.2, 0) is 11.4 Å². The molecular formula is C13H9N2O3S-. The van der Waals surface area contributed by atoms with Gasteiger partial charge in [0.15, 0.2) is 17.2 Å². The van der Waals surface area contributed by atoms with E-state index in [1.54, 1.807) is 18.2 Å². The largest absolute Gasteiger partial charge is 0.738 e. The average molecular weight is 273 g/mol. The van der Waals surface area contributed by atoms with Crippen LogP contribution in [0.15, 0.2) is 54.6 Å². The lowest BCUT2D eigenvalue weighted by molar-refractivity contribution is 0.280. The first-order valence-corrected chi connectivity index (χ1v) is 6.57. The van der Waals surface area contributed by atoms with Crippen molar-refractivity contribution in [3.05, 3.63) is 54.6 Å². The van der Waals surface area contributed by atoms with Crippen molar-refractivity contribution in [2.45, 2.75) is 0 Å². The standard InChI is InChI=1S/C13H10N2O3S/c16-19(17)18-15-12-9-5-4-8-11(12)14-13(15)10-6-2-1-3-7-10/h1-9H,(H,16,17)/p-1. The van der Waals surface area contributed by atoms with Crippen LogP contribution in [0.1, 0.15) is 0 Å². The molecule has 0 fully saturated rings. The Kier molecular flexibility index (Phi) is 3.02. The molecule has 0 amide bonds. The van der Waals surface area contributed by atoms with Crippen LogP contribution in [0, 0.1) is 0 Å². The van der Waals surface area contributed by atoms with E-state index in [1.807, 2.05) is 36.4 Å². The van der Waals surface area contributed by atoms with Crippen molar-refractivity contribution in [3.8, 4) is 11.4 Å². The molecule has 19 heavy (non-hydrogen) atoms. The van der Waals surface area contributed by atoms with Crippen molar-refractivity contribution in [2.24, 2.45) is 0 Å². The molecule has 1 atom stereocenters. The Hall–Kier alpha value is -2.18. The molecule has 3 aromatic rings. The van der Waals surface area contributed by atoms with E-state index < -0.39 is 11.4 Å². The van der Waals surface area contributed by atoms with E-state index in [9.17, 15) is 8.76 Å². The van der Waals surface area contributed by atoms with Gasteiger partial charge in [-0.1, -0.05) is 42.5 Å². The van der Waals surface area contributed by atoms with Gasteiger partial charge in [0, 0.05) is 5.56 Å². The van der Waals surface area contributed by atoms with E-state index in [4.69, 9.17) is 4.28 Å². The van der Waals surface area contributed by atoms with E-state index in [-0.39, 0.29) is 0 Å². The van der Waals surface area contributed by atoms with Gasteiger partial charge in [0.1, 0.15) is 5.52 Å². The van der Waals surface area contributed by atoms with Crippen molar-refractivity contribution < 1.29 is 13.0 Å². The second-order valence-electron chi connectivity index (χ2n) is 3.86. The summed E-state index contributed by atoms with van der Waals surface area (Å²) in [6.45, 7) is 0. The van der Waals surface area contributed by atoms with Gasteiger partial charge in [-0.3, -0.25) is 0 Å². The molecule has 0 N–H and O–H groups in total. The zero-order valence-corrected chi connectivity index (χ0v) is 10.5. The molecule has 0 aliphatic carbocycles. The van der Waals surface area contributed by atoms with Gasteiger partial charge in [0.25, 0.3) is 0 Å². The minimum atomic E-state index is -2.66. The molecule has 2 aromatic carbocycles. The van der Waals surface area contributed by atoms with Crippen LogP contribution in [0.25, 0.3) is 22.4 Å². The lowest BCUT2D eigenvalue weighted by atomic mass is 10.2. The first kappa shape index (κ1) is 11.9. The van der Waals surface area contributed by atoms with Gasteiger partial charge in [0.2, 0.25) is 0 Å². The second-order valence-corrected chi connectivity index (χ2v) is 4.42. The first-order valence-electron chi connectivity index (χ1n) is 5.57. The Morgan fingerprint density at radius 2 is 1.74 bits per heavy atom. The molecule has 1 unspecified atom stereocenters. The fourth-order valence-electron chi connectivity index (χ4n) is 1.91. The van der Waals surface area contributed by atoms with E-state index in [0.29, 0.717) is 16.9 Å². The van der Waals surface area contributed by atoms with Crippen molar-refractivity contribution in [1.82, 2.24) is 9.71 Å². The van der Waals surface area contributed by atoms with Gasteiger partial charge in [0.05, 0.1) is 5.52 Å². The fourth-order valence-corrected chi connectivity index (χ4v) is 2.18. The van der Waals surface area contributed by atoms with Crippen molar-refractivity contribution >= 4 is 22.4 Å². The van der Waals surface area contributed by atoms with E-state index in [2.05, 4.69) is 4.98 Å². The van der Waals surface area contributed by atoms with Crippen molar-refractivity contribution in [1.29, 1.82) is 0 Å². The molecule has 0 saturated heterocycles. The Labute approximate surface area is 111 Å². The predicted octanol–water partition coefficient (Wildman–Crippen LogP) is 1.93. The molecule has 0 aliphatic rings. The van der Waals surface area contributed by atoms with E-state index in [0.717, 1.165) is 5.56 Å². The molecule has 0 radical (unpaired) electrons. The monoisotopic (exact) mass is 273 g/mol. The van der Waals surface area contributed by atoms with Crippen molar-refractivity contribution in [3.63, 3.8) is 0 Å². The van der Waals surface area contributed by atoms with Crippen LogP contribution in [0.4, 0.5) is 0 Å². The summed E-state index contributed by atoms with van der Waals surface area (Å²) in [7, 11) is 0. The maximum absolute atomic E-state index is 10.8. The molecule has 5 nitrogen and oxygen atoms in total. The molecular weight excluding hydrogens is 264 g/mol. The summed E-state index contributed by atoms with van der Waals surface area (Å²) in [6.07, 6.45) is 0. The zero-order chi connectivity index (χ0) is 13.2.